The van der Waals surface area contributed by atoms with Crippen molar-refractivity contribution in [2.75, 3.05) is 0 Å². The van der Waals surface area contributed by atoms with Crippen molar-refractivity contribution in [3.05, 3.63) is 76.7 Å². The SMILES string of the molecule is O=S(=O)(NCc1ccnc(-c2cccnc2)c1)c1cc(Cl)ccc1Cl. The Morgan fingerprint density at radius 1 is 1.04 bits per heavy atom. The predicted octanol–water partition coefficient (Wildman–Crippen LogP) is 3.93. The van der Waals surface area contributed by atoms with E-state index in [9.17, 15) is 8.42 Å². The lowest BCUT2D eigenvalue weighted by Crippen LogP contribution is -2.23. The molecule has 3 rings (SSSR count). The molecule has 1 aromatic carbocycles. The van der Waals surface area contributed by atoms with Crippen LogP contribution in [0.5, 0.6) is 0 Å². The van der Waals surface area contributed by atoms with Crippen molar-refractivity contribution in [1.29, 1.82) is 0 Å². The first kappa shape index (κ1) is 17.8. The Morgan fingerprint density at radius 2 is 1.88 bits per heavy atom. The molecule has 0 aliphatic heterocycles. The van der Waals surface area contributed by atoms with E-state index in [0.29, 0.717) is 10.7 Å². The second-order valence-corrected chi connectivity index (χ2v) is 7.77. The Bertz CT molecular complexity index is 996. The van der Waals surface area contributed by atoms with Crippen LogP contribution in [0.3, 0.4) is 0 Å². The van der Waals surface area contributed by atoms with Crippen LogP contribution in [0, 0.1) is 0 Å². The van der Waals surface area contributed by atoms with Gasteiger partial charge in [0.2, 0.25) is 10.0 Å². The molecule has 1 N–H and O–H groups in total. The highest BCUT2D eigenvalue weighted by molar-refractivity contribution is 7.89. The number of aromatic nitrogens is 2. The summed E-state index contributed by atoms with van der Waals surface area (Å²) in [7, 11) is -3.79. The van der Waals surface area contributed by atoms with Gasteiger partial charge in [0.15, 0.2) is 0 Å². The first-order valence-corrected chi connectivity index (χ1v) is 9.50. The quantitative estimate of drug-likeness (QED) is 0.712. The number of hydrogen-bond acceptors (Lipinski definition) is 4. The normalized spacial score (nSPS) is 11.4. The number of sulfonamides is 1. The van der Waals surface area contributed by atoms with E-state index in [1.807, 2.05) is 12.1 Å². The molecule has 0 aliphatic carbocycles. The van der Waals surface area contributed by atoms with Crippen molar-refractivity contribution in [1.82, 2.24) is 14.7 Å². The average molecular weight is 394 g/mol. The zero-order valence-corrected chi connectivity index (χ0v) is 15.2. The largest absolute Gasteiger partial charge is 0.264 e. The van der Waals surface area contributed by atoms with Gasteiger partial charge in [-0.25, -0.2) is 13.1 Å². The third-order valence-electron chi connectivity index (χ3n) is 3.43. The lowest BCUT2D eigenvalue weighted by atomic mass is 10.1. The summed E-state index contributed by atoms with van der Waals surface area (Å²) >= 11 is 11.8. The van der Waals surface area contributed by atoms with Gasteiger partial charge in [-0.15, -0.1) is 0 Å². The molecule has 0 spiro atoms. The molecule has 0 radical (unpaired) electrons. The van der Waals surface area contributed by atoms with Gasteiger partial charge in [0.1, 0.15) is 4.90 Å². The van der Waals surface area contributed by atoms with Gasteiger partial charge >= 0.3 is 0 Å². The number of benzene rings is 1. The highest BCUT2D eigenvalue weighted by atomic mass is 35.5. The van der Waals surface area contributed by atoms with E-state index >= 15 is 0 Å². The van der Waals surface area contributed by atoms with Gasteiger partial charge < -0.3 is 0 Å². The smallest absolute Gasteiger partial charge is 0.242 e. The maximum atomic E-state index is 12.5. The van der Waals surface area contributed by atoms with Crippen LogP contribution < -0.4 is 4.72 Å². The van der Waals surface area contributed by atoms with Gasteiger partial charge in [0.05, 0.1) is 10.7 Å². The Kier molecular flexibility index (Phi) is 5.34. The first-order valence-electron chi connectivity index (χ1n) is 7.26. The zero-order valence-electron chi connectivity index (χ0n) is 12.9. The highest BCUT2D eigenvalue weighted by Gasteiger charge is 2.18. The maximum absolute atomic E-state index is 12.5. The van der Waals surface area contributed by atoms with E-state index in [-0.39, 0.29) is 16.5 Å². The summed E-state index contributed by atoms with van der Waals surface area (Å²) in [4.78, 5) is 8.28. The number of hydrogen-bond donors (Lipinski definition) is 1. The molecular weight excluding hydrogens is 381 g/mol. The molecule has 0 atom stereocenters. The average Bonchev–Trinajstić information content (AvgIpc) is 2.63. The first-order chi connectivity index (χ1) is 12.0. The summed E-state index contributed by atoms with van der Waals surface area (Å²) in [5, 5.41) is 0.412. The second-order valence-electron chi connectivity index (χ2n) is 5.19. The third-order valence-corrected chi connectivity index (χ3v) is 5.55. The minimum atomic E-state index is -3.79. The molecule has 3 aromatic rings. The zero-order chi connectivity index (χ0) is 17.9. The topological polar surface area (TPSA) is 72.0 Å². The molecule has 0 bridgehead atoms. The monoisotopic (exact) mass is 393 g/mol. The summed E-state index contributed by atoms with van der Waals surface area (Å²) in [5.41, 5.74) is 2.33. The van der Waals surface area contributed by atoms with E-state index in [1.165, 1.54) is 18.2 Å². The number of rotatable bonds is 5. The fourth-order valence-electron chi connectivity index (χ4n) is 2.20. The molecule has 0 fully saturated rings. The molecular formula is C17H13Cl2N3O2S. The number of nitrogens with zero attached hydrogens (tertiary/aromatic N) is 2. The van der Waals surface area contributed by atoms with Crippen molar-refractivity contribution in [2.45, 2.75) is 11.4 Å². The molecule has 2 aromatic heterocycles. The summed E-state index contributed by atoms with van der Waals surface area (Å²) in [6, 6.07) is 11.5. The van der Waals surface area contributed by atoms with E-state index in [4.69, 9.17) is 23.2 Å². The number of pyridine rings is 2. The van der Waals surface area contributed by atoms with Crippen molar-refractivity contribution in [3.63, 3.8) is 0 Å². The van der Waals surface area contributed by atoms with Crippen molar-refractivity contribution in [3.8, 4) is 11.3 Å². The van der Waals surface area contributed by atoms with Crippen molar-refractivity contribution in [2.24, 2.45) is 0 Å². The Labute approximate surface area is 155 Å². The summed E-state index contributed by atoms with van der Waals surface area (Å²) < 4.78 is 27.4. The lowest BCUT2D eigenvalue weighted by molar-refractivity contribution is 0.581. The van der Waals surface area contributed by atoms with Crippen LogP contribution >= 0.6 is 23.2 Å². The molecule has 0 aliphatic rings. The van der Waals surface area contributed by atoms with E-state index < -0.39 is 10.0 Å². The Balaban J connectivity index is 1.81. The molecule has 2 heterocycles. The Morgan fingerprint density at radius 3 is 2.64 bits per heavy atom. The maximum Gasteiger partial charge on any atom is 0.242 e. The molecule has 5 nitrogen and oxygen atoms in total. The van der Waals surface area contributed by atoms with Crippen LogP contribution in [0.1, 0.15) is 5.56 Å². The fraction of sp³-hybridized carbons (Fsp3) is 0.0588. The molecule has 25 heavy (non-hydrogen) atoms. The molecule has 0 saturated heterocycles. The molecule has 0 amide bonds. The van der Waals surface area contributed by atoms with E-state index in [1.54, 1.807) is 30.7 Å². The highest BCUT2D eigenvalue weighted by Crippen LogP contribution is 2.25. The van der Waals surface area contributed by atoms with Crippen molar-refractivity contribution >= 4 is 33.2 Å². The van der Waals surface area contributed by atoms with Crippen LogP contribution in [-0.2, 0) is 16.6 Å². The van der Waals surface area contributed by atoms with Gasteiger partial charge in [-0.2, -0.15) is 0 Å². The number of nitrogens with one attached hydrogen (secondary N) is 1. The van der Waals surface area contributed by atoms with Crippen molar-refractivity contribution < 1.29 is 8.42 Å². The minimum absolute atomic E-state index is 0.0526. The van der Waals surface area contributed by atoms with Gasteiger partial charge in [-0.1, -0.05) is 23.2 Å². The third kappa shape index (κ3) is 4.35. The predicted molar refractivity (Wildman–Crippen MR) is 98.0 cm³/mol. The molecule has 0 unspecified atom stereocenters. The van der Waals surface area contributed by atoms with Gasteiger partial charge in [0.25, 0.3) is 0 Å². The van der Waals surface area contributed by atoms with Crippen LogP contribution in [0.2, 0.25) is 10.0 Å². The summed E-state index contributed by atoms with van der Waals surface area (Å²) in [6.45, 7) is 0.0982. The summed E-state index contributed by atoms with van der Waals surface area (Å²) in [5.74, 6) is 0. The minimum Gasteiger partial charge on any atom is -0.264 e. The lowest BCUT2D eigenvalue weighted by Gasteiger charge is -2.09. The molecule has 0 saturated carbocycles. The fourth-order valence-corrected chi connectivity index (χ4v) is 3.97. The van der Waals surface area contributed by atoms with E-state index in [2.05, 4.69) is 14.7 Å². The van der Waals surface area contributed by atoms with Crippen LogP contribution in [0.4, 0.5) is 0 Å². The summed E-state index contributed by atoms with van der Waals surface area (Å²) in [6.07, 6.45) is 5.00. The van der Waals surface area contributed by atoms with Gasteiger partial charge in [-0.05, 0) is 48.0 Å². The van der Waals surface area contributed by atoms with Crippen LogP contribution in [-0.4, -0.2) is 18.4 Å². The van der Waals surface area contributed by atoms with Crippen LogP contribution in [0.25, 0.3) is 11.3 Å². The molecule has 128 valence electrons. The van der Waals surface area contributed by atoms with Gasteiger partial charge in [-0.3, -0.25) is 9.97 Å². The second kappa shape index (κ2) is 7.49. The standard InChI is InChI=1S/C17H13Cl2N3O2S/c18-14-3-4-15(19)17(9-14)25(23,24)22-10-12-5-7-21-16(8-12)13-2-1-6-20-11-13/h1-9,11,22H,10H2. The van der Waals surface area contributed by atoms with E-state index in [0.717, 1.165) is 11.1 Å². The number of halogens is 2. The molecule has 8 heteroatoms. The van der Waals surface area contributed by atoms with Gasteiger partial charge in [0, 0.05) is 35.7 Å². The Hall–Kier alpha value is -1.99. The van der Waals surface area contributed by atoms with Crippen LogP contribution in [0.15, 0.2) is 66.0 Å².